The molecular formula is C12H16ClNO3. The normalized spacial score (nSPS) is 16.2. The Morgan fingerprint density at radius 1 is 1.47 bits per heavy atom. The van der Waals surface area contributed by atoms with Crippen LogP contribution in [0, 0.1) is 0 Å². The maximum absolute atomic E-state index is 10.7. The number of hydrogen-bond acceptors (Lipinski definition) is 3. The van der Waals surface area contributed by atoms with Crippen LogP contribution in [0.1, 0.15) is 25.5 Å². The van der Waals surface area contributed by atoms with Crippen molar-refractivity contribution in [2.75, 3.05) is 6.54 Å². The van der Waals surface area contributed by atoms with Crippen molar-refractivity contribution in [3.8, 4) is 0 Å². The van der Waals surface area contributed by atoms with Crippen LogP contribution in [0.25, 0.3) is 0 Å². The zero-order valence-electron chi connectivity index (χ0n) is 9.77. The number of rotatable bonds is 5. The number of aliphatic carboxylic acids is 1. The summed E-state index contributed by atoms with van der Waals surface area (Å²) in [4.78, 5) is 10.7. The van der Waals surface area contributed by atoms with Gasteiger partial charge in [-0.1, -0.05) is 23.7 Å². The van der Waals surface area contributed by atoms with Gasteiger partial charge in [0.05, 0.1) is 0 Å². The van der Waals surface area contributed by atoms with Crippen molar-refractivity contribution in [2.45, 2.75) is 25.5 Å². The predicted octanol–water partition coefficient (Wildman–Crippen LogP) is 1.83. The Labute approximate surface area is 105 Å². The molecule has 0 bridgehead atoms. The summed E-state index contributed by atoms with van der Waals surface area (Å²) in [6.07, 6.45) is 0. The van der Waals surface area contributed by atoms with Crippen LogP contribution < -0.4 is 5.32 Å². The highest BCUT2D eigenvalue weighted by Crippen LogP contribution is 2.16. The Hall–Kier alpha value is -1.10. The second-order valence-corrected chi connectivity index (χ2v) is 4.67. The molecule has 0 aliphatic carbocycles. The topological polar surface area (TPSA) is 69.6 Å². The van der Waals surface area contributed by atoms with Crippen LogP contribution in [0.2, 0.25) is 5.02 Å². The molecule has 0 aliphatic rings. The van der Waals surface area contributed by atoms with E-state index in [-0.39, 0.29) is 12.6 Å². The molecule has 0 aliphatic heterocycles. The number of aliphatic hydroxyl groups is 1. The summed E-state index contributed by atoms with van der Waals surface area (Å²) in [5, 5.41) is 21.9. The first-order chi connectivity index (χ1) is 7.83. The summed E-state index contributed by atoms with van der Waals surface area (Å²) in [5.74, 6) is -1.24. The van der Waals surface area contributed by atoms with E-state index in [1.54, 1.807) is 12.1 Å². The molecule has 0 spiro atoms. The minimum absolute atomic E-state index is 0.0217. The van der Waals surface area contributed by atoms with Crippen LogP contribution in [-0.2, 0) is 4.79 Å². The van der Waals surface area contributed by atoms with Crippen LogP contribution in [0.3, 0.4) is 0 Å². The zero-order valence-corrected chi connectivity index (χ0v) is 10.5. The molecule has 1 aromatic rings. The monoisotopic (exact) mass is 257 g/mol. The first kappa shape index (κ1) is 14.0. The maximum Gasteiger partial charge on any atom is 0.336 e. The Morgan fingerprint density at radius 2 is 2.00 bits per heavy atom. The molecule has 17 heavy (non-hydrogen) atoms. The third-order valence-electron chi connectivity index (χ3n) is 2.58. The molecule has 1 rings (SSSR count). The van der Waals surface area contributed by atoms with Gasteiger partial charge < -0.3 is 15.5 Å². The lowest BCUT2D eigenvalue weighted by Crippen LogP contribution is -2.45. The second kappa shape index (κ2) is 5.49. The van der Waals surface area contributed by atoms with Gasteiger partial charge in [-0.25, -0.2) is 4.79 Å². The third-order valence-corrected chi connectivity index (χ3v) is 2.84. The van der Waals surface area contributed by atoms with E-state index < -0.39 is 11.6 Å². The lowest BCUT2D eigenvalue weighted by atomic mass is 10.1. The van der Waals surface area contributed by atoms with Gasteiger partial charge in [0.25, 0.3) is 0 Å². The Balaban J connectivity index is 2.58. The average molecular weight is 258 g/mol. The van der Waals surface area contributed by atoms with E-state index in [4.69, 9.17) is 16.7 Å². The van der Waals surface area contributed by atoms with E-state index >= 15 is 0 Å². The fourth-order valence-electron chi connectivity index (χ4n) is 1.30. The maximum atomic E-state index is 10.7. The molecule has 1 aromatic carbocycles. The zero-order chi connectivity index (χ0) is 13.1. The molecular weight excluding hydrogens is 242 g/mol. The molecule has 5 heteroatoms. The van der Waals surface area contributed by atoms with Crippen molar-refractivity contribution in [1.82, 2.24) is 5.32 Å². The molecule has 4 nitrogen and oxygen atoms in total. The standard InChI is InChI=1S/C12H16ClNO3/c1-8(9-3-5-10(13)6-4-9)14-7-12(2,17)11(15)16/h3-6,8,14,17H,7H2,1-2H3,(H,15,16)/t8-,12?/m1/s1. The molecule has 0 saturated heterocycles. The molecule has 94 valence electrons. The molecule has 0 heterocycles. The number of hydrogen-bond donors (Lipinski definition) is 3. The van der Waals surface area contributed by atoms with Gasteiger partial charge in [-0.05, 0) is 31.5 Å². The van der Waals surface area contributed by atoms with Crippen molar-refractivity contribution in [3.05, 3.63) is 34.9 Å². The Kier molecular flexibility index (Phi) is 4.51. The van der Waals surface area contributed by atoms with Crippen molar-refractivity contribution in [3.63, 3.8) is 0 Å². The lowest BCUT2D eigenvalue weighted by Gasteiger charge is -2.22. The number of carboxylic acids is 1. The summed E-state index contributed by atoms with van der Waals surface area (Å²) in [5.41, 5.74) is -0.781. The van der Waals surface area contributed by atoms with Gasteiger partial charge in [-0.3, -0.25) is 0 Å². The quantitative estimate of drug-likeness (QED) is 0.753. The van der Waals surface area contributed by atoms with Crippen LogP contribution in [0.15, 0.2) is 24.3 Å². The second-order valence-electron chi connectivity index (χ2n) is 4.23. The smallest absolute Gasteiger partial charge is 0.336 e. The molecule has 1 unspecified atom stereocenters. The number of carbonyl (C=O) groups is 1. The van der Waals surface area contributed by atoms with Crippen molar-refractivity contribution in [2.24, 2.45) is 0 Å². The highest BCUT2D eigenvalue weighted by Gasteiger charge is 2.29. The van der Waals surface area contributed by atoms with Crippen LogP contribution in [-0.4, -0.2) is 28.3 Å². The number of halogens is 1. The SMILES string of the molecule is C[C@@H](NCC(C)(O)C(=O)O)c1ccc(Cl)cc1. The molecule has 0 fully saturated rings. The summed E-state index contributed by atoms with van der Waals surface area (Å²) < 4.78 is 0. The minimum atomic E-state index is -1.76. The van der Waals surface area contributed by atoms with E-state index in [1.807, 2.05) is 19.1 Å². The fraction of sp³-hybridized carbons (Fsp3) is 0.417. The summed E-state index contributed by atoms with van der Waals surface area (Å²) >= 11 is 5.77. The fourth-order valence-corrected chi connectivity index (χ4v) is 1.42. The van der Waals surface area contributed by atoms with Crippen molar-refractivity contribution >= 4 is 17.6 Å². The van der Waals surface area contributed by atoms with Gasteiger partial charge in [0, 0.05) is 17.6 Å². The first-order valence-corrected chi connectivity index (χ1v) is 5.65. The van der Waals surface area contributed by atoms with Gasteiger partial charge >= 0.3 is 5.97 Å². The molecule has 3 N–H and O–H groups in total. The Morgan fingerprint density at radius 3 is 2.47 bits per heavy atom. The molecule has 2 atom stereocenters. The lowest BCUT2D eigenvalue weighted by molar-refractivity contribution is -0.156. The Bertz CT molecular complexity index is 389. The summed E-state index contributed by atoms with van der Waals surface area (Å²) in [7, 11) is 0. The summed E-state index contributed by atoms with van der Waals surface area (Å²) in [6.45, 7) is 3.13. The highest BCUT2D eigenvalue weighted by molar-refractivity contribution is 6.30. The predicted molar refractivity (Wildman–Crippen MR) is 66.1 cm³/mol. The van der Waals surface area contributed by atoms with Gasteiger partial charge in [0.2, 0.25) is 0 Å². The van der Waals surface area contributed by atoms with E-state index in [9.17, 15) is 9.90 Å². The highest BCUT2D eigenvalue weighted by atomic mass is 35.5. The largest absolute Gasteiger partial charge is 0.479 e. The molecule has 0 saturated carbocycles. The molecule has 0 amide bonds. The van der Waals surface area contributed by atoms with Gasteiger partial charge in [0.15, 0.2) is 5.60 Å². The van der Waals surface area contributed by atoms with Crippen LogP contribution in [0.5, 0.6) is 0 Å². The third kappa shape index (κ3) is 4.00. The number of nitrogens with one attached hydrogen (secondary N) is 1. The molecule has 0 aromatic heterocycles. The average Bonchev–Trinajstić information content (AvgIpc) is 2.27. The van der Waals surface area contributed by atoms with E-state index in [2.05, 4.69) is 5.32 Å². The van der Waals surface area contributed by atoms with E-state index in [0.29, 0.717) is 5.02 Å². The number of carboxylic acid groups (broad SMARTS) is 1. The van der Waals surface area contributed by atoms with E-state index in [0.717, 1.165) is 5.56 Å². The van der Waals surface area contributed by atoms with Gasteiger partial charge in [-0.15, -0.1) is 0 Å². The van der Waals surface area contributed by atoms with Gasteiger partial charge in [0.1, 0.15) is 0 Å². The minimum Gasteiger partial charge on any atom is -0.479 e. The molecule has 0 radical (unpaired) electrons. The van der Waals surface area contributed by atoms with Crippen LogP contribution >= 0.6 is 11.6 Å². The number of benzene rings is 1. The van der Waals surface area contributed by atoms with Crippen molar-refractivity contribution < 1.29 is 15.0 Å². The summed E-state index contributed by atoms with van der Waals surface area (Å²) in [6, 6.07) is 7.19. The van der Waals surface area contributed by atoms with Gasteiger partial charge in [-0.2, -0.15) is 0 Å². The van der Waals surface area contributed by atoms with Crippen molar-refractivity contribution in [1.29, 1.82) is 0 Å². The van der Waals surface area contributed by atoms with E-state index in [1.165, 1.54) is 6.92 Å². The van der Waals surface area contributed by atoms with Crippen LogP contribution in [0.4, 0.5) is 0 Å². The first-order valence-electron chi connectivity index (χ1n) is 5.27.